The molecule has 2 nitrogen and oxygen atoms in total. The Morgan fingerprint density at radius 2 is 1.59 bits per heavy atom. The molecule has 0 saturated carbocycles. The lowest BCUT2D eigenvalue weighted by molar-refractivity contribution is 1.33. The molecule has 0 bridgehead atoms. The highest BCUT2D eigenvalue weighted by Crippen LogP contribution is 2.14. The van der Waals surface area contributed by atoms with Gasteiger partial charge in [-0.15, -0.1) is 0 Å². The zero-order chi connectivity index (χ0) is 13.1. The average Bonchev–Trinajstić information content (AvgIpc) is 2.33. The summed E-state index contributed by atoms with van der Waals surface area (Å²) in [6.45, 7) is 14.5. The van der Waals surface area contributed by atoms with Gasteiger partial charge in [0.25, 0.3) is 0 Å². The van der Waals surface area contributed by atoms with Crippen molar-refractivity contribution in [3.63, 3.8) is 0 Å². The van der Waals surface area contributed by atoms with Gasteiger partial charge in [0.1, 0.15) is 5.84 Å². The topological polar surface area (TPSA) is 38.4 Å². The van der Waals surface area contributed by atoms with Crippen LogP contribution in [0, 0.1) is 0 Å². The van der Waals surface area contributed by atoms with Crippen molar-refractivity contribution in [3.05, 3.63) is 86.2 Å². The first-order valence-corrected chi connectivity index (χ1v) is 5.11. The Balaban J connectivity index is 5.48. The zero-order valence-electron chi connectivity index (χ0n) is 9.97. The second-order valence-corrected chi connectivity index (χ2v) is 2.98. The molecule has 0 aliphatic rings. The van der Waals surface area contributed by atoms with Crippen LogP contribution >= 0.6 is 0 Å². The summed E-state index contributed by atoms with van der Waals surface area (Å²) in [6.07, 6.45) is 13.8. The third kappa shape index (κ3) is 5.95. The van der Waals surface area contributed by atoms with Crippen molar-refractivity contribution < 1.29 is 0 Å². The molecule has 0 unspecified atom stereocenters. The smallest absolute Gasteiger partial charge is 0.123 e. The fraction of sp³-hybridized carbons (Fsp3) is 0. The van der Waals surface area contributed by atoms with Gasteiger partial charge in [0.05, 0.1) is 5.70 Å². The van der Waals surface area contributed by atoms with Crippen molar-refractivity contribution >= 4 is 5.84 Å². The molecule has 0 aromatic heterocycles. The first-order valence-electron chi connectivity index (χ1n) is 5.11. The molecule has 17 heavy (non-hydrogen) atoms. The van der Waals surface area contributed by atoms with Crippen LogP contribution in [0.4, 0.5) is 0 Å². The van der Waals surface area contributed by atoms with Crippen LogP contribution in [0.3, 0.4) is 0 Å². The Kier molecular flexibility index (Phi) is 7.69. The van der Waals surface area contributed by atoms with Crippen LogP contribution in [0.5, 0.6) is 0 Å². The first-order chi connectivity index (χ1) is 8.19. The first kappa shape index (κ1) is 14.6. The molecule has 0 rings (SSSR count). The number of allylic oxidation sites excluding steroid dienone is 7. The SMILES string of the molecule is C=C\C=C/C(=C\C=C)C(=C/C=C)/N=C(/N)C=C. The van der Waals surface area contributed by atoms with Crippen LogP contribution in [0.25, 0.3) is 0 Å². The second-order valence-electron chi connectivity index (χ2n) is 2.98. The highest BCUT2D eigenvalue weighted by molar-refractivity contribution is 5.92. The van der Waals surface area contributed by atoms with Gasteiger partial charge in [-0.1, -0.05) is 62.8 Å². The van der Waals surface area contributed by atoms with Crippen molar-refractivity contribution in [2.75, 3.05) is 0 Å². The van der Waals surface area contributed by atoms with Crippen molar-refractivity contribution in [1.82, 2.24) is 0 Å². The van der Waals surface area contributed by atoms with E-state index in [9.17, 15) is 0 Å². The van der Waals surface area contributed by atoms with E-state index < -0.39 is 0 Å². The van der Waals surface area contributed by atoms with Crippen molar-refractivity contribution in [3.8, 4) is 0 Å². The Morgan fingerprint density at radius 3 is 2.06 bits per heavy atom. The van der Waals surface area contributed by atoms with Crippen LogP contribution in [0.2, 0.25) is 0 Å². The third-order valence-corrected chi connectivity index (χ3v) is 1.74. The fourth-order valence-corrected chi connectivity index (χ4v) is 1.02. The second kappa shape index (κ2) is 8.92. The van der Waals surface area contributed by atoms with Crippen molar-refractivity contribution in [2.45, 2.75) is 0 Å². The van der Waals surface area contributed by atoms with Gasteiger partial charge in [-0.25, -0.2) is 4.99 Å². The lowest BCUT2D eigenvalue weighted by Gasteiger charge is -2.02. The van der Waals surface area contributed by atoms with E-state index in [2.05, 4.69) is 31.3 Å². The van der Waals surface area contributed by atoms with Gasteiger partial charge >= 0.3 is 0 Å². The maximum absolute atomic E-state index is 5.63. The minimum Gasteiger partial charge on any atom is -0.384 e. The van der Waals surface area contributed by atoms with Crippen molar-refractivity contribution in [1.29, 1.82) is 0 Å². The molecule has 0 amide bonds. The summed E-state index contributed by atoms with van der Waals surface area (Å²) in [5.74, 6) is 0.347. The molecule has 0 saturated heterocycles. The third-order valence-electron chi connectivity index (χ3n) is 1.74. The summed E-state index contributed by atoms with van der Waals surface area (Å²) in [4.78, 5) is 4.22. The molecule has 0 spiro atoms. The number of hydrogen-bond acceptors (Lipinski definition) is 1. The average molecular weight is 226 g/mol. The Hall–Kier alpha value is -2.35. The molecular weight excluding hydrogens is 208 g/mol. The molecular formula is C15H18N2. The van der Waals surface area contributed by atoms with E-state index in [1.54, 1.807) is 24.3 Å². The lowest BCUT2D eigenvalue weighted by atomic mass is 10.1. The van der Waals surface area contributed by atoms with Gasteiger partial charge in [0, 0.05) is 5.57 Å². The van der Waals surface area contributed by atoms with Gasteiger partial charge in [-0.2, -0.15) is 0 Å². The van der Waals surface area contributed by atoms with Crippen LogP contribution in [0.15, 0.2) is 91.2 Å². The Labute approximate surface area is 103 Å². The van der Waals surface area contributed by atoms with Gasteiger partial charge in [0.2, 0.25) is 0 Å². The molecule has 0 fully saturated rings. The predicted molar refractivity (Wildman–Crippen MR) is 77.7 cm³/mol. The number of rotatable bonds is 7. The Bertz CT molecular complexity index is 418. The normalized spacial score (nSPS) is 13.5. The quantitative estimate of drug-likeness (QED) is 0.403. The van der Waals surface area contributed by atoms with E-state index in [0.717, 1.165) is 5.57 Å². The van der Waals surface area contributed by atoms with Gasteiger partial charge in [-0.05, 0) is 12.2 Å². The molecule has 2 heteroatoms. The zero-order valence-corrected chi connectivity index (χ0v) is 9.97. The van der Waals surface area contributed by atoms with Crippen LogP contribution in [0.1, 0.15) is 0 Å². The Morgan fingerprint density at radius 1 is 0.941 bits per heavy atom. The largest absolute Gasteiger partial charge is 0.384 e. The molecule has 0 heterocycles. The number of amidine groups is 1. The van der Waals surface area contributed by atoms with E-state index in [0.29, 0.717) is 11.5 Å². The minimum absolute atomic E-state index is 0.347. The minimum atomic E-state index is 0.347. The van der Waals surface area contributed by atoms with E-state index in [4.69, 9.17) is 5.73 Å². The summed E-state index contributed by atoms with van der Waals surface area (Å²) in [6, 6.07) is 0. The highest BCUT2D eigenvalue weighted by atomic mass is 14.9. The number of nitrogens with zero attached hydrogens (tertiary/aromatic N) is 1. The van der Waals surface area contributed by atoms with E-state index in [1.807, 2.05) is 18.2 Å². The van der Waals surface area contributed by atoms with Crippen LogP contribution in [-0.4, -0.2) is 5.84 Å². The number of aliphatic imine (C=N–C) groups is 1. The fourth-order valence-electron chi connectivity index (χ4n) is 1.02. The molecule has 0 aromatic rings. The van der Waals surface area contributed by atoms with E-state index in [-0.39, 0.29) is 0 Å². The van der Waals surface area contributed by atoms with Crippen LogP contribution in [-0.2, 0) is 0 Å². The van der Waals surface area contributed by atoms with Crippen LogP contribution < -0.4 is 5.73 Å². The van der Waals surface area contributed by atoms with E-state index in [1.165, 1.54) is 6.08 Å². The molecule has 88 valence electrons. The van der Waals surface area contributed by atoms with Crippen molar-refractivity contribution in [2.24, 2.45) is 10.7 Å². The standard InChI is InChI=1S/C15H18N2/c1-5-9-12-13(10-6-2)14(11-7-3)17-15(16)8-4/h5-12H,1-4H2,(H2,16,17)/b12-9-,13-10+,14-11-. The molecule has 2 N–H and O–H groups in total. The summed E-state index contributed by atoms with van der Waals surface area (Å²) in [7, 11) is 0. The molecule has 0 atom stereocenters. The molecule has 0 radical (unpaired) electrons. The lowest BCUT2D eigenvalue weighted by Crippen LogP contribution is -2.07. The number of hydrogen-bond donors (Lipinski definition) is 1. The molecule has 0 aromatic carbocycles. The summed E-state index contributed by atoms with van der Waals surface area (Å²) in [5, 5.41) is 0. The van der Waals surface area contributed by atoms with Gasteiger partial charge < -0.3 is 5.73 Å². The monoisotopic (exact) mass is 226 g/mol. The predicted octanol–water partition coefficient (Wildman–Crippen LogP) is 3.45. The number of nitrogens with two attached hydrogens (primary N) is 1. The van der Waals surface area contributed by atoms with Gasteiger partial charge in [0.15, 0.2) is 0 Å². The molecule has 0 aliphatic heterocycles. The van der Waals surface area contributed by atoms with E-state index >= 15 is 0 Å². The summed E-state index contributed by atoms with van der Waals surface area (Å²) < 4.78 is 0. The van der Waals surface area contributed by atoms with Gasteiger partial charge in [-0.3, -0.25) is 0 Å². The molecule has 0 aliphatic carbocycles. The maximum Gasteiger partial charge on any atom is 0.123 e. The maximum atomic E-state index is 5.63. The highest BCUT2D eigenvalue weighted by Gasteiger charge is 1.99. The summed E-state index contributed by atoms with van der Waals surface area (Å²) >= 11 is 0. The summed E-state index contributed by atoms with van der Waals surface area (Å²) in [5.41, 5.74) is 7.18.